The van der Waals surface area contributed by atoms with E-state index >= 15 is 0 Å². The fourth-order valence-corrected chi connectivity index (χ4v) is 1.28. The van der Waals surface area contributed by atoms with Crippen molar-refractivity contribution in [2.45, 2.75) is 13.8 Å². The van der Waals surface area contributed by atoms with Crippen molar-refractivity contribution in [2.75, 3.05) is 0 Å². The maximum absolute atomic E-state index is 11.9. The molecule has 3 nitrogen and oxygen atoms in total. The number of ketones is 3. The van der Waals surface area contributed by atoms with Gasteiger partial charge in [0.15, 0.2) is 17.3 Å². The molecule has 0 bridgehead atoms. The van der Waals surface area contributed by atoms with E-state index < -0.39 is 11.6 Å². The van der Waals surface area contributed by atoms with Gasteiger partial charge in [-0.1, -0.05) is 30.3 Å². The van der Waals surface area contributed by atoms with Crippen LogP contribution in [0, 0.1) is 0 Å². The third kappa shape index (κ3) is 2.98. The van der Waals surface area contributed by atoms with Crippen molar-refractivity contribution in [2.24, 2.45) is 0 Å². The largest absolute Gasteiger partial charge is 0.295 e. The van der Waals surface area contributed by atoms with Crippen molar-refractivity contribution >= 4 is 17.3 Å². The lowest BCUT2D eigenvalue weighted by atomic mass is 9.99. The van der Waals surface area contributed by atoms with Gasteiger partial charge < -0.3 is 0 Å². The molecule has 0 radical (unpaired) electrons. The number of hydrogen-bond acceptors (Lipinski definition) is 3. The summed E-state index contributed by atoms with van der Waals surface area (Å²) in [5.74, 6) is -1.12. The highest BCUT2D eigenvalue weighted by atomic mass is 16.2. The molecule has 0 fully saturated rings. The minimum absolute atomic E-state index is 0.0706. The summed E-state index contributed by atoms with van der Waals surface area (Å²) in [6.07, 6.45) is 1.08. The van der Waals surface area contributed by atoms with E-state index in [0.29, 0.717) is 5.56 Å². The maximum Gasteiger partial charge on any atom is 0.196 e. The van der Waals surface area contributed by atoms with Gasteiger partial charge in [-0.05, 0) is 19.9 Å². The molecular weight excluding hydrogens is 204 g/mol. The number of hydrogen-bond donors (Lipinski definition) is 0. The van der Waals surface area contributed by atoms with E-state index in [1.54, 1.807) is 30.3 Å². The number of rotatable bonds is 4. The predicted octanol–water partition coefficient (Wildman–Crippen LogP) is 1.97. The third-order valence-corrected chi connectivity index (χ3v) is 2.01. The molecule has 0 N–H and O–H groups in total. The van der Waals surface area contributed by atoms with E-state index in [2.05, 4.69) is 0 Å². The smallest absolute Gasteiger partial charge is 0.196 e. The molecule has 0 saturated heterocycles. The molecule has 0 saturated carbocycles. The molecule has 0 heterocycles. The molecule has 0 amide bonds. The molecule has 0 spiro atoms. The van der Waals surface area contributed by atoms with Crippen LogP contribution in [0.3, 0.4) is 0 Å². The van der Waals surface area contributed by atoms with E-state index in [4.69, 9.17) is 0 Å². The zero-order valence-electron chi connectivity index (χ0n) is 9.19. The standard InChI is InChI=1S/C13H12O3/c1-9(14)8-12(10(2)15)13(16)11-6-4-3-5-7-11/h3-8H,1-2H3. The van der Waals surface area contributed by atoms with Crippen LogP contribution >= 0.6 is 0 Å². The molecule has 16 heavy (non-hydrogen) atoms. The molecule has 82 valence electrons. The minimum atomic E-state index is -0.414. The Morgan fingerprint density at radius 1 is 1.00 bits per heavy atom. The first kappa shape index (κ1) is 12.0. The average molecular weight is 216 g/mol. The van der Waals surface area contributed by atoms with Crippen molar-refractivity contribution in [1.29, 1.82) is 0 Å². The first-order valence-corrected chi connectivity index (χ1v) is 4.85. The Kier molecular flexibility index (Phi) is 3.89. The SMILES string of the molecule is CC(=O)C=C(C(C)=O)C(=O)c1ccccc1. The molecule has 0 aliphatic carbocycles. The topological polar surface area (TPSA) is 51.2 Å². The van der Waals surface area contributed by atoms with Crippen molar-refractivity contribution < 1.29 is 14.4 Å². The number of allylic oxidation sites excluding steroid dienone is 2. The van der Waals surface area contributed by atoms with Gasteiger partial charge in [-0.25, -0.2) is 0 Å². The first-order valence-electron chi connectivity index (χ1n) is 4.85. The highest BCUT2D eigenvalue weighted by Gasteiger charge is 2.16. The summed E-state index contributed by atoms with van der Waals surface area (Å²) < 4.78 is 0. The summed E-state index contributed by atoms with van der Waals surface area (Å²) in [6, 6.07) is 8.41. The Balaban J connectivity index is 3.12. The lowest BCUT2D eigenvalue weighted by Gasteiger charge is -2.01. The predicted molar refractivity (Wildman–Crippen MR) is 60.2 cm³/mol. The molecule has 0 aromatic heterocycles. The lowest BCUT2D eigenvalue weighted by molar-refractivity contribution is -0.115. The summed E-state index contributed by atoms with van der Waals surface area (Å²) in [5.41, 5.74) is 0.337. The van der Waals surface area contributed by atoms with Crippen LogP contribution < -0.4 is 0 Å². The Morgan fingerprint density at radius 3 is 2.00 bits per heavy atom. The molecule has 1 aromatic carbocycles. The third-order valence-electron chi connectivity index (χ3n) is 2.01. The molecule has 1 aromatic rings. The van der Waals surface area contributed by atoms with E-state index in [9.17, 15) is 14.4 Å². The Labute approximate surface area is 93.8 Å². The van der Waals surface area contributed by atoms with Crippen LogP contribution in [0.15, 0.2) is 42.0 Å². The molecular formula is C13H12O3. The molecule has 0 aliphatic heterocycles. The molecule has 0 aliphatic rings. The second kappa shape index (κ2) is 5.16. The molecule has 3 heteroatoms. The lowest BCUT2D eigenvalue weighted by Crippen LogP contribution is -2.11. The average Bonchev–Trinajstić information content (AvgIpc) is 2.25. The van der Waals surface area contributed by atoms with Crippen LogP contribution in [-0.2, 0) is 9.59 Å². The maximum atomic E-state index is 11.9. The Morgan fingerprint density at radius 2 is 1.56 bits per heavy atom. The minimum Gasteiger partial charge on any atom is -0.295 e. The highest BCUT2D eigenvalue weighted by molar-refractivity contribution is 6.27. The number of Topliss-reactive ketones (excluding diaryl/α,β-unsaturated/α-hetero) is 2. The van der Waals surface area contributed by atoms with Gasteiger partial charge in [0.1, 0.15) is 0 Å². The van der Waals surface area contributed by atoms with E-state index in [0.717, 1.165) is 6.08 Å². The summed E-state index contributed by atoms with van der Waals surface area (Å²) >= 11 is 0. The monoisotopic (exact) mass is 216 g/mol. The highest BCUT2D eigenvalue weighted by Crippen LogP contribution is 2.09. The van der Waals surface area contributed by atoms with Crippen LogP contribution in [0.5, 0.6) is 0 Å². The van der Waals surface area contributed by atoms with Crippen molar-refractivity contribution in [3.8, 4) is 0 Å². The number of carbonyl (C=O) groups excluding carboxylic acids is 3. The second-order valence-electron chi connectivity index (χ2n) is 3.42. The summed E-state index contributed by atoms with van der Waals surface area (Å²) in [5, 5.41) is 0. The second-order valence-corrected chi connectivity index (χ2v) is 3.42. The fourth-order valence-electron chi connectivity index (χ4n) is 1.28. The quantitative estimate of drug-likeness (QED) is 0.334. The van der Waals surface area contributed by atoms with Crippen LogP contribution in [-0.4, -0.2) is 17.3 Å². The number of carbonyl (C=O) groups is 3. The van der Waals surface area contributed by atoms with Crippen LogP contribution in [0.2, 0.25) is 0 Å². The van der Waals surface area contributed by atoms with Gasteiger partial charge in [0.25, 0.3) is 0 Å². The number of benzene rings is 1. The van der Waals surface area contributed by atoms with Gasteiger partial charge >= 0.3 is 0 Å². The van der Waals surface area contributed by atoms with Gasteiger partial charge in [0.05, 0.1) is 5.57 Å². The fraction of sp³-hybridized carbons (Fsp3) is 0.154. The molecule has 1 rings (SSSR count). The summed E-state index contributed by atoms with van der Waals surface area (Å²) in [6.45, 7) is 2.58. The molecule has 0 atom stereocenters. The Hall–Kier alpha value is -2.03. The summed E-state index contributed by atoms with van der Waals surface area (Å²) in [4.78, 5) is 34.0. The van der Waals surface area contributed by atoms with Gasteiger partial charge in [-0.2, -0.15) is 0 Å². The molecule has 0 unspecified atom stereocenters. The van der Waals surface area contributed by atoms with Crippen LogP contribution in [0.25, 0.3) is 0 Å². The van der Waals surface area contributed by atoms with Gasteiger partial charge in [0, 0.05) is 5.56 Å². The van der Waals surface area contributed by atoms with Crippen LogP contribution in [0.1, 0.15) is 24.2 Å². The van der Waals surface area contributed by atoms with Crippen LogP contribution in [0.4, 0.5) is 0 Å². The van der Waals surface area contributed by atoms with Gasteiger partial charge in [-0.15, -0.1) is 0 Å². The zero-order valence-corrected chi connectivity index (χ0v) is 9.19. The van der Waals surface area contributed by atoms with Crippen molar-refractivity contribution in [1.82, 2.24) is 0 Å². The first-order chi connectivity index (χ1) is 7.52. The van der Waals surface area contributed by atoms with E-state index in [1.807, 2.05) is 0 Å². The van der Waals surface area contributed by atoms with Crippen molar-refractivity contribution in [3.05, 3.63) is 47.5 Å². The zero-order chi connectivity index (χ0) is 12.1. The van der Waals surface area contributed by atoms with Gasteiger partial charge in [-0.3, -0.25) is 14.4 Å². The Bertz CT molecular complexity index is 455. The van der Waals surface area contributed by atoms with E-state index in [1.165, 1.54) is 13.8 Å². The summed E-state index contributed by atoms with van der Waals surface area (Å²) in [7, 11) is 0. The van der Waals surface area contributed by atoms with Crippen molar-refractivity contribution in [3.63, 3.8) is 0 Å². The normalized spacial score (nSPS) is 11.0. The van der Waals surface area contributed by atoms with E-state index in [-0.39, 0.29) is 11.4 Å². The van der Waals surface area contributed by atoms with Gasteiger partial charge in [0.2, 0.25) is 0 Å².